The van der Waals surface area contributed by atoms with E-state index in [1.165, 1.54) is 11.6 Å². The predicted octanol–water partition coefficient (Wildman–Crippen LogP) is 3.70. The second kappa shape index (κ2) is 4.98. The Balaban J connectivity index is 2.00. The van der Waals surface area contributed by atoms with E-state index in [0.29, 0.717) is 12.0 Å². The molecule has 0 aromatic heterocycles. The molecule has 1 unspecified atom stereocenters. The lowest BCUT2D eigenvalue weighted by Crippen LogP contribution is -2.42. The van der Waals surface area contributed by atoms with Gasteiger partial charge in [0.2, 0.25) is 0 Å². The van der Waals surface area contributed by atoms with Crippen molar-refractivity contribution in [3.63, 3.8) is 0 Å². The van der Waals surface area contributed by atoms with E-state index in [1.807, 2.05) is 18.2 Å². The summed E-state index contributed by atoms with van der Waals surface area (Å²) >= 11 is 0. The molecule has 20 heavy (non-hydrogen) atoms. The van der Waals surface area contributed by atoms with Crippen molar-refractivity contribution in [2.24, 2.45) is 5.73 Å². The second-order valence-corrected chi connectivity index (χ2v) is 5.56. The number of fused-ring (bicyclic) bond motifs is 1. The van der Waals surface area contributed by atoms with Gasteiger partial charge in [-0.3, -0.25) is 0 Å². The van der Waals surface area contributed by atoms with Crippen LogP contribution in [0.5, 0.6) is 0 Å². The third kappa shape index (κ3) is 2.22. The maximum absolute atomic E-state index is 13.9. The van der Waals surface area contributed by atoms with Crippen LogP contribution >= 0.6 is 0 Å². The van der Waals surface area contributed by atoms with Crippen LogP contribution in [0.2, 0.25) is 0 Å². The molecule has 1 aliphatic carbocycles. The number of hydrogen-bond acceptors (Lipinski definition) is 1. The van der Waals surface area contributed by atoms with Gasteiger partial charge in [0.15, 0.2) is 11.6 Å². The molecule has 0 radical (unpaired) electrons. The van der Waals surface area contributed by atoms with Crippen LogP contribution < -0.4 is 5.73 Å². The first-order valence-corrected chi connectivity index (χ1v) is 6.90. The highest BCUT2D eigenvalue weighted by molar-refractivity contribution is 5.38. The number of halogens is 2. The SMILES string of the molecule is NC1(Cc2cccc(F)c2F)CCCc2ccccc21. The highest BCUT2D eigenvalue weighted by Gasteiger charge is 2.33. The zero-order chi connectivity index (χ0) is 14.2. The maximum Gasteiger partial charge on any atom is 0.162 e. The van der Waals surface area contributed by atoms with E-state index in [1.54, 1.807) is 6.07 Å². The Morgan fingerprint density at radius 1 is 1.05 bits per heavy atom. The van der Waals surface area contributed by atoms with Gasteiger partial charge in [-0.15, -0.1) is 0 Å². The molecule has 0 amide bonds. The van der Waals surface area contributed by atoms with Crippen molar-refractivity contribution in [2.75, 3.05) is 0 Å². The van der Waals surface area contributed by atoms with E-state index in [-0.39, 0.29) is 0 Å². The van der Waals surface area contributed by atoms with E-state index >= 15 is 0 Å². The summed E-state index contributed by atoms with van der Waals surface area (Å²) in [6, 6.07) is 12.3. The first-order chi connectivity index (χ1) is 9.60. The fraction of sp³-hybridized carbons (Fsp3) is 0.294. The molecule has 1 aliphatic rings. The number of aryl methyl sites for hydroxylation is 1. The second-order valence-electron chi connectivity index (χ2n) is 5.56. The predicted molar refractivity (Wildman–Crippen MR) is 75.3 cm³/mol. The van der Waals surface area contributed by atoms with E-state index < -0.39 is 17.2 Å². The van der Waals surface area contributed by atoms with Crippen molar-refractivity contribution in [3.05, 3.63) is 70.8 Å². The van der Waals surface area contributed by atoms with E-state index in [4.69, 9.17) is 5.73 Å². The maximum atomic E-state index is 13.9. The number of rotatable bonds is 2. The smallest absolute Gasteiger partial charge is 0.162 e. The Hall–Kier alpha value is -1.74. The van der Waals surface area contributed by atoms with Crippen molar-refractivity contribution in [1.82, 2.24) is 0 Å². The molecule has 0 fully saturated rings. The van der Waals surface area contributed by atoms with Crippen LogP contribution in [-0.2, 0) is 18.4 Å². The lowest BCUT2D eigenvalue weighted by Gasteiger charge is -2.36. The molecule has 1 atom stereocenters. The minimum atomic E-state index is -0.810. The van der Waals surface area contributed by atoms with Gasteiger partial charge < -0.3 is 5.73 Å². The summed E-state index contributed by atoms with van der Waals surface area (Å²) in [4.78, 5) is 0. The minimum absolute atomic E-state index is 0.327. The van der Waals surface area contributed by atoms with Crippen molar-refractivity contribution >= 4 is 0 Å². The molecule has 2 N–H and O–H groups in total. The Morgan fingerprint density at radius 2 is 1.85 bits per heavy atom. The summed E-state index contributed by atoms with van der Waals surface area (Å²) in [5, 5.41) is 0. The molecule has 1 nitrogen and oxygen atoms in total. The summed E-state index contributed by atoms with van der Waals surface area (Å²) in [6.45, 7) is 0. The van der Waals surface area contributed by atoms with Gasteiger partial charge in [-0.2, -0.15) is 0 Å². The van der Waals surface area contributed by atoms with E-state index in [0.717, 1.165) is 30.9 Å². The topological polar surface area (TPSA) is 26.0 Å². The highest BCUT2D eigenvalue weighted by atomic mass is 19.2. The van der Waals surface area contributed by atoms with Crippen LogP contribution in [0.25, 0.3) is 0 Å². The quantitative estimate of drug-likeness (QED) is 0.887. The largest absolute Gasteiger partial charge is 0.321 e. The summed E-state index contributed by atoms with van der Waals surface area (Å²) in [7, 11) is 0. The number of nitrogens with two attached hydrogens (primary N) is 1. The van der Waals surface area contributed by atoms with Crippen LogP contribution in [-0.4, -0.2) is 0 Å². The molecule has 0 bridgehead atoms. The molecule has 3 rings (SSSR count). The van der Waals surface area contributed by atoms with Gasteiger partial charge in [-0.05, 0) is 48.4 Å². The summed E-state index contributed by atoms with van der Waals surface area (Å²) < 4.78 is 27.2. The van der Waals surface area contributed by atoms with Gasteiger partial charge in [-0.1, -0.05) is 36.4 Å². The fourth-order valence-corrected chi connectivity index (χ4v) is 3.16. The Bertz CT molecular complexity index is 639. The molecule has 0 heterocycles. The van der Waals surface area contributed by atoms with Crippen LogP contribution in [0.4, 0.5) is 8.78 Å². The van der Waals surface area contributed by atoms with E-state index in [9.17, 15) is 8.78 Å². The molecule has 104 valence electrons. The summed E-state index contributed by atoms with van der Waals surface area (Å²) in [5.41, 5.74) is 8.56. The standard InChI is InChI=1S/C17H17F2N/c18-15-9-3-6-13(16(15)19)11-17(20)10-4-7-12-5-1-2-8-14(12)17/h1-3,5-6,8-9H,4,7,10-11,20H2. The van der Waals surface area contributed by atoms with Crippen LogP contribution in [0.15, 0.2) is 42.5 Å². The summed E-state index contributed by atoms with van der Waals surface area (Å²) in [5.74, 6) is -1.59. The van der Waals surface area contributed by atoms with Crippen molar-refractivity contribution in [3.8, 4) is 0 Å². The summed E-state index contributed by atoms with van der Waals surface area (Å²) in [6.07, 6.45) is 3.10. The van der Waals surface area contributed by atoms with E-state index in [2.05, 4.69) is 6.07 Å². The normalized spacial score (nSPS) is 21.6. The van der Waals surface area contributed by atoms with Gasteiger partial charge in [-0.25, -0.2) is 8.78 Å². The van der Waals surface area contributed by atoms with Gasteiger partial charge in [0.05, 0.1) is 0 Å². The van der Waals surface area contributed by atoms with Crippen LogP contribution in [0.3, 0.4) is 0 Å². The lowest BCUT2D eigenvalue weighted by atomic mass is 9.74. The number of hydrogen-bond donors (Lipinski definition) is 1. The first-order valence-electron chi connectivity index (χ1n) is 6.90. The van der Waals surface area contributed by atoms with Gasteiger partial charge in [0, 0.05) is 5.54 Å². The third-order valence-corrected chi connectivity index (χ3v) is 4.16. The Morgan fingerprint density at radius 3 is 2.70 bits per heavy atom. The monoisotopic (exact) mass is 273 g/mol. The molecular weight excluding hydrogens is 256 g/mol. The lowest BCUT2D eigenvalue weighted by molar-refractivity contribution is 0.361. The van der Waals surface area contributed by atoms with Gasteiger partial charge in [0.1, 0.15) is 0 Å². The Kier molecular flexibility index (Phi) is 3.30. The number of benzene rings is 2. The minimum Gasteiger partial charge on any atom is -0.321 e. The van der Waals surface area contributed by atoms with Crippen LogP contribution in [0, 0.1) is 11.6 Å². The molecule has 0 saturated carbocycles. The van der Waals surface area contributed by atoms with Crippen molar-refractivity contribution in [2.45, 2.75) is 31.2 Å². The average molecular weight is 273 g/mol. The molecule has 0 spiro atoms. The Labute approximate surface area is 117 Å². The third-order valence-electron chi connectivity index (χ3n) is 4.16. The zero-order valence-electron chi connectivity index (χ0n) is 11.2. The van der Waals surface area contributed by atoms with Gasteiger partial charge in [0.25, 0.3) is 0 Å². The molecule has 3 heteroatoms. The van der Waals surface area contributed by atoms with Crippen molar-refractivity contribution in [1.29, 1.82) is 0 Å². The molecule has 0 saturated heterocycles. The van der Waals surface area contributed by atoms with Gasteiger partial charge >= 0.3 is 0 Å². The first kappa shape index (κ1) is 13.3. The highest BCUT2D eigenvalue weighted by Crippen LogP contribution is 2.36. The zero-order valence-corrected chi connectivity index (χ0v) is 11.2. The molecular formula is C17H17F2N. The molecule has 0 aliphatic heterocycles. The molecule has 2 aromatic rings. The molecule has 2 aromatic carbocycles. The van der Waals surface area contributed by atoms with Crippen LogP contribution in [0.1, 0.15) is 29.5 Å². The fourth-order valence-electron chi connectivity index (χ4n) is 3.16. The average Bonchev–Trinajstić information content (AvgIpc) is 2.44. The van der Waals surface area contributed by atoms with Crippen molar-refractivity contribution < 1.29 is 8.78 Å².